The molecule has 0 aliphatic heterocycles. The third-order valence-corrected chi connectivity index (χ3v) is 4.17. The summed E-state index contributed by atoms with van der Waals surface area (Å²) in [5, 5.41) is 0. The highest BCUT2D eigenvalue weighted by molar-refractivity contribution is 4.80. The molecule has 0 rings (SSSR count). The van der Waals surface area contributed by atoms with Gasteiger partial charge in [0.15, 0.2) is 0 Å². The fraction of sp³-hybridized carbons (Fsp3) is 0.900. The molecule has 0 aromatic rings. The first kappa shape index (κ1) is 21.3. The van der Waals surface area contributed by atoms with Gasteiger partial charge in [-0.2, -0.15) is 0 Å². The number of rotatable bonds is 16. The smallest absolute Gasteiger partial charge is 0.0173 e. The first-order chi connectivity index (χ1) is 10.7. The highest BCUT2D eigenvalue weighted by Crippen LogP contribution is 2.09. The van der Waals surface area contributed by atoms with E-state index in [4.69, 9.17) is 0 Å². The fourth-order valence-electron chi connectivity index (χ4n) is 2.68. The summed E-state index contributed by atoms with van der Waals surface area (Å²) in [4.78, 5) is 4.66. The van der Waals surface area contributed by atoms with Gasteiger partial charge in [-0.15, -0.1) is 0 Å². The van der Waals surface area contributed by atoms with Crippen LogP contribution < -0.4 is 0 Å². The average molecular weight is 311 g/mol. The Bertz CT molecular complexity index is 220. The Kier molecular flexibility index (Phi) is 16.2. The Hall–Kier alpha value is -0.660. The molecule has 0 radical (unpaired) electrons. The Morgan fingerprint density at radius 2 is 0.955 bits per heavy atom. The molecular weight excluding hydrogens is 268 g/mol. The maximum absolute atomic E-state index is 2.53. The van der Waals surface area contributed by atoms with Gasteiger partial charge in [0, 0.05) is 39.6 Å². The SMILES string of the molecule is CCCCCCCCN(/C=C/N(C)C)CCCCCCCC. The van der Waals surface area contributed by atoms with E-state index in [0.717, 1.165) is 0 Å². The van der Waals surface area contributed by atoms with Crippen LogP contribution in [-0.2, 0) is 0 Å². The lowest BCUT2D eigenvalue weighted by Gasteiger charge is -2.21. The molecule has 0 fully saturated rings. The zero-order valence-electron chi connectivity index (χ0n) is 15.9. The minimum absolute atomic E-state index is 1.23. The van der Waals surface area contributed by atoms with E-state index in [1.54, 1.807) is 0 Å². The number of unbranched alkanes of at least 4 members (excludes halogenated alkanes) is 10. The number of nitrogens with zero attached hydrogens (tertiary/aromatic N) is 2. The Morgan fingerprint density at radius 1 is 0.545 bits per heavy atom. The molecule has 0 saturated heterocycles. The molecule has 0 bridgehead atoms. The van der Waals surface area contributed by atoms with Crippen LogP contribution in [0.15, 0.2) is 12.4 Å². The predicted octanol–water partition coefficient (Wildman–Crippen LogP) is 6.04. The maximum atomic E-state index is 2.53. The molecule has 0 aliphatic rings. The highest BCUT2D eigenvalue weighted by atomic mass is 15.1. The molecule has 0 spiro atoms. The van der Waals surface area contributed by atoms with Crippen LogP contribution in [0.3, 0.4) is 0 Å². The van der Waals surface area contributed by atoms with Crippen LogP contribution in [-0.4, -0.2) is 37.0 Å². The van der Waals surface area contributed by atoms with E-state index < -0.39 is 0 Å². The second-order valence-electron chi connectivity index (χ2n) is 6.83. The summed E-state index contributed by atoms with van der Waals surface area (Å²) in [5.41, 5.74) is 0. The van der Waals surface area contributed by atoms with E-state index >= 15 is 0 Å². The van der Waals surface area contributed by atoms with Gasteiger partial charge in [-0.05, 0) is 12.8 Å². The maximum Gasteiger partial charge on any atom is 0.0173 e. The van der Waals surface area contributed by atoms with E-state index in [1.807, 2.05) is 0 Å². The van der Waals surface area contributed by atoms with Crippen molar-refractivity contribution in [1.29, 1.82) is 0 Å². The summed E-state index contributed by atoms with van der Waals surface area (Å²) in [5.74, 6) is 0. The van der Waals surface area contributed by atoms with Crippen LogP contribution in [0.1, 0.15) is 90.9 Å². The van der Waals surface area contributed by atoms with Crippen LogP contribution in [0.4, 0.5) is 0 Å². The minimum atomic E-state index is 1.23. The van der Waals surface area contributed by atoms with E-state index in [1.165, 1.54) is 90.1 Å². The molecule has 0 saturated carbocycles. The average Bonchev–Trinajstić information content (AvgIpc) is 2.50. The normalized spacial score (nSPS) is 11.3. The van der Waals surface area contributed by atoms with Crippen LogP contribution in [0.2, 0.25) is 0 Å². The van der Waals surface area contributed by atoms with Gasteiger partial charge in [0.25, 0.3) is 0 Å². The number of hydrogen-bond donors (Lipinski definition) is 0. The molecular formula is C20H42N2. The molecule has 0 heterocycles. The molecule has 0 atom stereocenters. The van der Waals surface area contributed by atoms with Gasteiger partial charge in [-0.3, -0.25) is 0 Å². The van der Waals surface area contributed by atoms with Gasteiger partial charge in [0.05, 0.1) is 0 Å². The zero-order valence-corrected chi connectivity index (χ0v) is 15.9. The zero-order chi connectivity index (χ0) is 16.5. The number of hydrogen-bond acceptors (Lipinski definition) is 2. The second-order valence-corrected chi connectivity index (χ2v) is 6.83. The molecule has 22 heavy (non-hydrogen) atoms. The van der Waals surface area contributed by atoms with Gasteiger partial charge in [-0.25, -0.2) is 0 Å². The van der Waals surface area contributed by atoms with Crippen molar-refractivity contribution in [3.8, 4) is 0 Å². The summed E-state index contributed by atoms with van der Waals surface area (Å²) in [6.07, 6.45) is 21.1. The summed E-state index contributed by atoms with van der Waals surface area (Å²) in [6.45, 7) is 7.03. The molecule has 0 amide bonds. The van der Waals surface area contributed by atoms with Gasteiger partial charge >= 0.3 is 0 Å². The lowest BCUT2D eigenvalue weighted by molar-refractivity contribution is 0.343. The van der Waals surface area contributed by atoms with Crippen LogP contribution >= 0.6 is 0 Å². The van der Waals surface area contributed by atoms with E-state index in [9.17, 15) is 0 Å². The molecule has 2 nitrogen and oxygen atoms in total. The molecule has 0 aliphatic carbocycles. The van der Waals surface area contributed by atoms with Crippen LogP contribution in [0.5, 0.6) is 0 Å². The first-order valence-corrected chi connectivity index (χ1v) is 9.79. The molecule has 0 unspecified atom stereocenters. The molecule has 0 N–H and O–H groups in total. The van der Waals surface area contributed by atoms with Crippen molar-refractivity contribution in [1.82, 2.24) is 9.80 Å². The van der Waals surface area contributed by atoms with Crippen molar-refractivity contribution in [2.75, 3.05) is 27.2 Å². The van der Waals surface area contributed by atoms with E-state index in [2.05, 4.69) is 50.1 Å². The van der Waals surface area contributed by atoms with Gasteiger partial charge < -0.3 is 9.80 Å². The van der Waals surface area contributed by atoms with E-state index in [0.29, 0.717) is 0 Å². The second kappa shape index (κ2) is 16.7. The highest BCUT2D eigenvalue weighted by Gasteiger charge is 2.00. The summed E-state index contributed by atoms with van der Waals surface area (Å²) >= 11 is 0. The van der Waals surface area contributed by atoms with Crippen molar-refractivity contribution in [3.63, 3.8) is 0 Å². The van der Waals surface area contributed by atoms with Crippen molar-refractivity contribution in [2.24, 2.45) is 0 Å². The van der Waals surface area contributed by atoms with Crippen molar-refractivity contribution >= 4 is 0 Å². The predicted molar refractivity (Wildman–Crippen MR) is 101 cm³/mol. The monoisotopic (exact) mass is 310 g/mol. The summed E-state index contributed by atoms with van der Waals surface area (Å²) < 4.78 is 0. The third kappa shape index (κ3) is 15.7. The Labute approximate surface area is 141 Å². The quantitative estimate of drug-likeness (QED) is 0.321. The van der Waals surface area contributed by atoms with Crippen molar-refractivity contribution in [3.05, 3.63) is 12.4 Å². The van der Waals surface area contributed by atoms with Crippen molar-refractivity contribution in [2.45, 2.75) is 90.9 Å². The summed E-state index contributed by atoms with van der Waals surface area (Å²) in [6, 6.07) is 0. The lowest BCUT2D eigenvalue weighted by atomic mass is 10.1. The minimum Gasteiger partial charge on any atom is -0.382 e. The molecule has 0 aromatic carbocycles. The molecule has 2 heteroatoms. The standard InChI is InChI=1S/C20H42N2/c1-5-7-9-11-13-15-17-22(20-19-21(3)4)18-16-14-12-10-8-6-2/h19-20H,5-18H2,1-4H3/b20-19+. The first-order valence-electron chi connectivity index (χ1n) is 9.79. The largest absolute Gasteiger partial charge is 0.382 e. The van der Waals surface area contributed by atoms with Gasteiger partial charge in [-0.1, -0.05) is 78.1 Å². The van der Waals surface area contributed by atoms with Gasteiger partial charge in [0.2, 0.25) is 0 Å². The molecule has 132 valence electrons. The van der Waals surface area contributed by atoms with Crippen LogP contribution in [0, 0.1) is 0 Å². The lowest BCUT2D eigenvalue weighted by Crippen LogP contribution is -2.21. The van der Waals surface area contributed by atoms with Crippen molar-refractivity contribution < 1.29 is 0 Å². The Morgan fingerprint density at radius 3 is 1.36 bits per heavy atom. The molecule has 0 aromatic heterocycles. The third-order valence-electron chi connectivity index (χ3n) is 4.17. The Balaban J connectivity index is 3.80. The van der Waals surface area contributed by atoms with Gasteiger partial charge in [0.1, 0.15) is 0 Å². The van der Waals surface area contributed by atoms with E-state index in [-0.39, 0.29) is 0 Å². The fourth-order valence-corrected chi connectivity index (χ4v) is 2.68. The topological polar surface area (TPSA) is 6.48 Å². The summed E-state index contributed by atoms with van der Waals surface area (Å²) in [7, 11) is 4.20. The van der Waals surface area contributed by atoms with Crippen LogP contribution in [0.25, 0.3) is 0 Å².